The number of benzene rings is 2. The minimum atomic E-state index is -0.0743. The molecule has 7 heteroatoms. The first-order valence-electron chi connectivity index (χ1n) is 9.07. The van der Waals surface area contributed by atoms with Crippen LogP contribution in [0, 0.1) is 0 Å². The Morgan fingerprint density at radius 2 is 1.96 bits per heavy atom. The molecular formula is C21H29IN4O2. The highest BCUT2D eigenvalue weighted by Gasteiger charge is 2.09. The Kier molecular flexibility index (Phi) is 10.5. The Hall–Kier alpha value is -2.13. The van der Waals surface area contributed by atoms with Crippen molar-refractivity contribution >= 4 is 41.5 Å². The molecule has 0 saturated heterocycles. The largest absolute Gasteiger partial charge is 0.380 e. The SMILES string of the molecule is CCC(C)NC(=O)c1cccc(CN=C(N)Nc2ccccc2COC)c1.I. The number of halogens is 1. The third-order valence-electron chi connectivity index (χ3n) is 4.19. The lowest BCUT2D eigenvalue weighted by atomic mass is 10.1. The number of methoxy groups -OCH3 is 1. The maximum absolute atomic E-state index is 12.2. The standard InChI is InChI=1S/C21H28N4O2.HI/c1-4-15(2)24-20(26)17-10-7-8-16(12-17)13-23-21(22)25-19-11-6-5-9-18(19)14-27-3;/h5-12,15H,4,13-14H2,1-3H3,(H,24,26)(H3,22,23,25);1H. The molecule has 0 aliphatic rings. The van der Waals surface area contributed by atoms with E-state index in [4.69, 9.17) is 10.5 Å². The summed E-state index contributed by atoms with van der Waals surface area (Å²) in [5.41, 5.74) is 9.43. The molecule has 4 N–H and O–H groups in total. The van der Waals surface area contributed by atoms with Gasteiger partial charge >= 0.3 is 0 Å². The summed E-state index contributed by atoms with van der Waals surface area (Å²) >= 11 is 0. The molecule has 0 aliphatic heterocycles. The van der Waals surface area contributed by atoms with Crippen molar-refractivity contribution < 1.29 is 9.53 Å². The van der Waals surface area contributed by atoms with Gasteiger partial charge in [0.15, 0.2) is 5.96 Å². The van der Waals surface area contributed by atoms with E-state index in [1.165, 1.54) is 0 Å². The molecule has 0 spiro atoms. The monoisotopic (exact) mass is 496 g/mol. The highest BCUT2D eigenvalue weighted by molar-refractivity contribution is 14.0. The number of amides is 1. The van der Waals surface area contributed by atoms with E-state index in [1.54, 1.807) is 13.2 Å². The van der Waals surface area contributed by atoms with Crippen LogP contribution in [0.25, 0.3) is 0 Å². The van der Waals surface area contributed by atoms with Crippen LogP contribution in [0.4, 0.5) is 5.69 Å². The number of rotatable bonds is 8. The van der Waals surface area contributed by atoms with Gasteiger partial charge in [0, 0.05) is 30.0 Å². The van der Waals surface area contributed by atoms with Crippen LogP contribution in [-0.4, -0.2) is 25.0 Å². The molecule has 1 unspecified atom stereocenters. The lowest BCUT2D eigenvalue weighted by Crippen LogP contribution is -2.31. The number of aliphatic imine (C=N–C) groups is 1. The summed E-state index contributed by atoms with van der Waals surface area (Å²) in [4.78, 5) is 16.6. The molecule has 152 valence electrons. The fraction of sp³-hybridized carbons (Fsp3) is 0.333. The summed E-state index contributed by atoms with van der Waals surface area (Å²) in [5, 5.41) is 6.07. The van der Waals surface area contributed by atoms with Crippen molar-refractivity contribution in [2.45, 2.75) is 39.5 Å². The van der Waals surface area contributed by atoms with Gasteiger partial charge in [0.1, 0.15) is 0 Å². The van der Waals surface area contributed by atoms with Gasteiger partial charge in [0.05, 0.1) is 13.2 Å². The molecule has 0 bridgehead atoms. The summed E-state index contributed by atoms with van der Waals surface area (Å²) in [6.07, 6.45) is 0.891. The summed E-state index contributed by atoms with van der Waals surface area (Å²) in [6, 6.07) is 15.3. The molecule has 0 aromatic heterocycles. The Labute approximate surface area is 184 Å². The Morgan fingerprint density at radius 1 is 1.21 bits per heavy atom. The second-order valence-corrected chi connectivity index (χ2v) is 6.40. The zero-order valence-corrected chi connectivity index (χ0v) is 18.9. The van der Waals surface area contributed by atoms with Crippen molar-refractivity contribution in [1.29, 1.82) is 0 Å². The van der Waals surface area contributed by atoms with Crippen molar-refractivity contribution in [2.24, 2.45) is 10.7 Å². The molecule has 0 fully saturated rings. The van der Waals surface area contributed by atoms with Crippen LogP contribution in [0.5, 0.6) is 0 Å². The molecular weight excluding hydrogens is 467 g/mol. The van der Waals surface area contributed by atoms with E-state index < -0.39 is 0 Å². The van der Waals surface area contributed by atoms with Crippen LogP contribution in [0.1, 0.15) is 41.8 Å². The van der Waals surface area contributed by atoms with Gasteiger partial charge in [-0.05, 0) is 37.1 Å². The van der Waals surface area contributed by atoms with Gasteiger partial charge < -0.3 is 21.1 Å². The molecule has 1 atom stereocenters. The van der Waals surface area contributed by atoms with Crippen molar-refractivity contribution in [3.05, 3.63) is 65.2 Å². The van der Waals surface area contributed by atoms with Crippen LogP contribution in [-0.2, 0) is 17.9 Å². The average Bonchev–Trinajstić information content (AvgIpc) is 2.68. The van der Waals surface area contributed by atoms with Gasteiger partial charge in [-0.1, -0.05) is 37.3 Å². The first kappa shape index (κ1) is 23.9. The van der Waals surface area contributed by atoms with Crippen LogP contribution in [0.15, 0.2) is 53.5 Å². The molecule has 0 radical (unpaired) electrons. The quantitative estimate of drug-likeness (QED) is 0.294. The normalized spacial score (nSPS) is 12.0. The number of carbonyl (C=O) groups is 1. The topological polar surface area (TPSA) is 88.7 Å². The highest BCUT2D eigenvalue weighted by atomic mass is 127. The molecule has 28 heavy (non-hydrogen) atoms. The number of nitrogens with two attached hydrogens (primary N) is 1. The summed E-state index contributed by atoms with van der Waals surface area (Å²) in [5.74, 6) is 0.239. The second kappa shape index (κ2) is 12.4. The van der Waals surface area contributed by atoms with Gasteiger partial charge in [-0.2, -0.15) is 0 Å². The third kappa shape index (κ3) is 7.47. The van der Waals surface area contributed by atoms with E-state index in [2.05, 4.69) is 15.6 Å². The number of carbonyl (C=O) groups excluding carboxylic acids is 1. The fourth-order valence-corrected chi connectivity index (χ4v) is 2.50. The van der Waals surface area contributed by atoms with Crippen LogP contribution < -0.4 is 16.4 Å². The number of para-hydroxylation sites is 1. The van der Waals surface area contributed by atoms with Crippen molar-refractivity contribution in [3.8, 4) is 0 Å². The fourth-order valence-electron chi connectivity index (χ4n) is 2.50. The average molecular weight is 496 g/mol. The Morgan fingerprint density at radius 3 is 2.68 bits per heavy atom. The molecule has 0 heterocycles. The maximum atomic E-state index is 12.2. The molecule has 2 aromatic carbocycles. The zero-order valence-electron chi connectivity index (χ0n) is 16.6. The second-order valence-electron chi connectivity index (χ2n) is 6.40. The molecule has 0 saturated carbocycles. The van der Waals surface area contributed by atoms with E-state index >= 15 is 0 Å². The van der Waals surface area contributed by atoms with Gasteiger partial charge in [-0.25, -0.2) is 4.99 Å². The summed E-state index contributed by atoms with van der Waals surface area (Å²) in [6.45, 7) is 4.90. The van der Waals surface area contributed by atoms with Crippen molar-refractivity contribution in [1.82, 2.24) is 5.32 Å². The Balaban J connectivity index is 0.00000392. The number of nitrogens with zero attached hydrogens (tertiary/aromatic N) is 1. The summed E-state index contributed by atoms with van der Waals surface area (Å²) < 4.78 is 5.19. The number of hydrogen-bond donors (Lipinski definition) is 3. The highest BCUT2D eigenvalue weighted by Crippen LogP contribution is 2.15. The molecule has 2 rings (SSSR count). The number of anilines is 1. The predicted octanol–water partition coefficient (Wildman–Crippen LogP) is 3.91. The number of guanidine groups is 1. The first-order valence-corrected chi connectivity index (χ1v) is 9.07. The molecule has 0 aliphatic carbocycles. The van der Waals surface area contributed by atoms with Crippen LogP contribution in [0.2, 0.25) is 0 Å². The lowest BCUT2D eigenvalue weighted by Gasteiger charge is -2.12. The molecule has 2 aromatic rings. The lowest BCUT2D eigenvalue weighted by molar-refractivity contribution is 0.0939. The van der Waals surface area contributed by atoms with Crippen LogP contribution >= 0.6 is 24.0 Å². The zero-order chi connectivity index (χ0) is 19.6. The van der Waals surface area contributed by atoms with Gasteiger partial charge in [-0.15, -0.1) is 24.0 Å². The van der Waals surface area contributed by atoms with E-state index in [9.17, 15) is 4.79 Å². The smallest absolute Gasteiger partial charge is 0.251 e. The first-order chi connectivity index (χ1) is 13.0. The maximum Gasteiger partial charge on any atom is 0.251 e. The minimum absolute atomic E-state index is 0. The van der Waals surface area contributed by atoms with E-state index in [0.717, 1.165) is 23.2 Å². The number of hydrogen-bond acceptors (Lipinski definition) is 3. The van der Waals surface area contributed by atoms with Gasteiger partial charge in [0.2, 0.25) is 0 Å². The molecule has 6 nitrogen and oxygen atoms in total. The van der Waals surface area contributed by atoms with E-state index in [1.807, 2.05) is 56.3 Å². The number of ether oxygens (including phenoxy) is 1. The van der Waals surface area contributed by atoms with Crippen molar-refractivity contribution in [2.75, 3.05) is 12.4 Å². The van der Waals surface area contributed by atoms with Crippen molar-refractivity contribution in [3.63, 3.8) is 0 Å². The molecule has 1 amide bonds. The minimum Gasteiger partial charge on any atom is -0.380 e. The Bertz CT molecular complexity index is 795. The van der Waals surface area contributed by atoms with Gasteiger partial charge in [-0.3, -0.25) is 4.79 Å². The third-order valence-corrected chi connectivity index (χ3v) is 4.19. The van der Waals surface area contributed by atoms with Crippen LogP contribution in [0.3, 0.4) is 0 Å². The predicted molar refractivity (Wildman–Crippen MR) is 125 cm³/mol. The summed E-state index contributed by atoms with van der Waals surface area (Å²) in [7, 11) is 1.65. The van der Waals surface area contributed by atoms with Gasteiger partial charge in [0.25, 0.3) is 5.91 Å². The number of nitrogens with one attached hydrogen (secondary N) is 2. The van der Waals surface area contributed by atoms with E-state index in [-0.39, 0.29) is 35.9 Å². The van der Waals surface area contributed by atoms with E-state index in [0.29, 0.717) is 24.7 Å².